The summed E-state index contributed by atoms with van der Waals surface area (Å²) in [5.41, 5.74) is 5.43. The van der Waals surface area contributed by atoms with Gasteiger partial charge in [0.15, 0.2) is 0 Å². The number of ether oxygens (including phenoxy) is 2. The Bertz CT molecular complexity index is 797. The maximum absolute atomic E-state index is 13.0. The fourth-order valence-electron chi connectivity index (χ4n) is 3.86. The maximum atomic E-state index is 13.0. The normalized spacial score (nSPS) is 17.9. The number of benzene rings is 2. The average Bonchev–Trinajstić information content (AvgIpc) is 2.72. The maximum Gasteiger partial charge on any atom is 0.393 e. The molecule has 2 aromatic rings. The summed E-state index contributed by atoms with van der Waals surface area (Å²) in [6, 6.07) is 13.6. The number of hydrogen-bond acceptors (Lipinski definition) is 4. The quantitative estimate of drug-likeness (QED) is 0.696. The summed E-state index contributed by atoms with van der Waals surface area (Å²) in [6.07, 6.45) is -2.08. The van der Waals surface area contributed by atoms with Gasteiger partial charge in [0.1, 0.15) is 11.5 Å². The van der Waals surface area contributed by atoms with Crippen molar-refractivity contribution < 1.29 is 22.6 Å². The van der Waals surface area contributed by atoms with Crippen LogP contribution in [0.2, 0.25) is 0 Å². The van der Waals surface area contributed by atoms with E-state index in [0.29, 0.717) is 17.9 Å². The van der Waals surface area contributed by atoms with Crippen molar-refractivity contribution in [2.75, 3.05) is 20.8 Å². The second-order valence-electron chi connectivity index (χ2n) is 7.22. The van der Waals surface area contributed by atoms with Crippen LogP contribution in [0.5, 0.6) is 11.5 Å². The molecule has 1 N–H and O–H groups in total. The van der Waals surface area contributed by atoms with Crippen molar-refractivity contribution in [3.05, 3.63) is 59.2 Å². The van der Waals surface area contributed by atoms with Crippen molar-refractivity contribution in [3.8, 4) is 11.5 Å². The minimum Gasteiger partial charge on any atom is -0.496 e. The second kappa shape index (κ2) is 9.50. The number of halogens is 3. The van der Waals surface area contributed by atoms with Gasteiger partial charge in [-0.15, -0.1) is 0 Å². The molecular formula is C22H27F3N2O2. The minimum absolute atomic E-state index is 0.107. The van der Waals surface area contributed by atoms with Gasteiger partial charge in [0.2, 0.25) is 0 Å². The highest BCUT2D eigenvalue weighted by atomic mass is 19.4. The van der Waals surface area contributed by atoms with Crippen LogP contribution >= 0.6 is 0 Å². The van der Waals surface area contributed by atoms with Gasteiger partial charge in [-0.25, -0.2) is 5.01 Å². The van der Waals surface area contributed by atoms with Crippen LogP contribution in [0.4, 0.5) is 13.2 Å². The molecule has 1 heterocycles. The largest absolute Gasteiger partial charge is 0.496 e. The van der Waals surface area contributed by atoms with Crippen LogP contribution in [0.1, 0.15) is 42.0 Å². The van der Waals surface area contributed by atoms with Gasteiger partial charge >= 0.3 is 6.18 Å². The molecule has 29 heavy (non-hydrogen) atoms. The van der Waals surface area contributed by atoms with Crippen LogP contribution in [0, 0.1) is 0 Å². The molecule has 4 nitrogen and oxygen atoms in total. The van der Waals surface area contributed by atoms with Crippen LogP contribution in [0.3, 0.4) is 0 Å². The van der Waals surface area contributed by atoms with E-state index in [9.17, 15) is 13.2 Å². The molecule has 0 aromatic heterocycles. The van der Waals surface area contributed by atoms with Crippen molar-refractivity contribution in [1.29, 1.82) is 0 Å². The SMILES string of the molecule is COc1cc(OC)c(CC(F)(F)F)cc1CNN1CCCCC1c1ccccc1. The number of nitrogens with one attached hydrogen (secondary N) is 1. The Labute approximate surface area is 169 Å². The number of methoxy groups -OCH3 is 2. The summed E-state index contributed by atoms with van der Waals surface area (Å²) in [7, 11) is 2.88. The summed E-state index contributed by atoms with van der Waals surface area (Å²) in [6.45, 7) is 1.26. The predicted octanol–water partition coefficient (Wildman–Crippen LogP) is 5.04. The fraction of sp³-hybridized carbons (Fsp3) is 0.455. The van der Waals surface area contributed by atoms with Crippen LogP contribution in [0.15, 0.2) is 42.5 Å². The monoisotopic (exact) mass is 408 g/mol. The first-order valence-electron chi connectivity index (χ1n) is 9.77. The Balaban J connectivity index is 1.80. The summed E-state index contributed by atoms with van der Waals surface area (Å²) in [5, 5.41) is 2.19. The first-order chi connectivity index (χ1) is 13.9. The van der Waals surface area contributed by atoms with Gasteiger partial charge in [0.05, 0.1) is 20.6 Å². The summed E-state index contributed by atoms with van der Waals surface area (Å²) >= 11 is 0. The first-order valence-corrected chi connectivity index (χ1v) is 9.77. The van der Waals surface area contributed by atoms with E-state index < -0.39 is 12.6 Å². The molecule has 1 saturated heterocycles. The van der Waals surface area contributed by atoms with Crippen LogP contribution in [-0.4, -0.2) is 31.9 Å². The van der Waals surface area contributed by atoms with Gasteiger partial charge in [0.25, 0.3) is 0 Å². The molecule has 1 atom stereocenters. The van der Waals surface area contributed by atoms with E-state index in [4.69, 9.17) is 9.47 Å². The lowest BCUT2D eigenvalue weighted by atomic mass is 9.97. The highest BCUT2D eigenvalue weighted by Crippen LogP contribution is 2.34. The van der Waals surface area contributed by atoms with Crippen LogP contribution in [0.25, 0.3) is 0 Å². The molecule has 0 radical (unpaired) electrons. The Morgan fingerprint density at radius 1 is 1.00 bits per heavy atom. The van der Waals surface area contributed by atoms with Gasteiger partial charge in [-0.1, -0.05) is 36.8 Å². The molecule has 2 aromatic carbocycles. The zero-order valence-corrected chi connectivity index (χ0v) is 16.8. The molecule has 0 saturated carbocycles. The number of alkyl halides is 3. The summed E-state index contributed by atoms with van der Waals surface area (Å²) in [4.78, 5) is 0. The highest BCUT2D eigenvalue weighted by molar-refractivity contribution is 5.47. The molecular weight excluding hydrogens is 381 g/mol. The smallest absolute Gasteiger partial charge is 0.393 e. The molecule has 3 rings (SSSR count). The Morgan fingerprint density at radius 3 is 2.34 bits per heavy atom. The zero-order valence-electron chi connectivity index (χ0n) is 16.8. The Hall–Kier alpha value is -2.25. The van der Waals surface area contributed by atoms with Crippen LogP contribution < -0.4 is 14.9 Å². The highest BCUT2D eigenvalue weighted by Gasteiger charge is 2.30. The molecule has 1 unspecified atom stereocenters. The van der Waals surface area contributed by atoms with Crippen molar-refractivity contribution in [1.82, 2.24) is 10.4 Å². The molecule has 0 spiro atoms. The molecule has 1 aliphatic rings. The van der Waals surface area contributed by atoms with E-state index in [1.54, 1.807) is 0 Å². The lowest BCUT2D eigenvalue weighted by molar-refractivity contribution is -0.127. The summed E-state index contributed by atoms with van der Waals surface area (Å²) in [5.74, 6) is 0.691. The fourth-order valence-corrected chi connectivity index (χ4v) is 3.86. The Morgan fingerprint density at radius 2 is 1.69 bits per heavy atom. The van der Waals surface area contributed by atoms with Crippen molar-refractivity contribution >= 4 is 0 Å². The van der Waals surface area contributed by atoms with Gasteiger partial charge in [-0.2, -0.15) is 13.2 Å². The number of hydrazine groups is 1. The van der Waals surface area contributed by atoms with Crippen LogP contribution in [-0.2, 0) is 13.0 Å². The molecule has 0 bridgehead atoms. The van der Waals surface area contributed by atoms with E-state index in [-0.39, 0.29) is 17.4 Å². The van der Waals surface area contributed by atoms with E-state index in [1.165, 1.54) is 31.9 Å². The lowest BCUT2D eigenvalue weighted by Gasteiger charge is -2.36. The molecule has 1 fully saturated rings. The molecule has 0 aliphatic carbocycles. The van der Waals surface area contributed by atoms with E-state index >= 15 is 0 Å². The van der Waals surface area contributed by atoms with Gasteiger partial charge in [-0.3, -0.25) is 5.43 Å². The standard InChI is InChI=1S/C22H27F3N2O2/c1-28-20-13-21(29-2)18(12-17(20)14-22(23,24)25)15-26-27-11-7-6-10-19(27)16-8-4-3-5-9-16/h3-5,8-9,12-13,19,26H,6-7,10-11,14-15H2,1-2H3. The van der Waals surface area contributed by atoms with Gasteiger partial charge < -0.3 is 9.47 Å². The van der Waals surface area contributed by atoms with Gasteiger partial charge in [0, 0.05) is 36.3 Å². The zero-order chi connectivity index (χ0) is 20.9. The third-order valence-corrected chi connectivity index (χ3v) is 5.23. The molecule has 1 aliphatic heterocycles. The van der Waals surface area contributed by atoms with E-state index in [1.807, 2.05) is 18.2 Å². The first kappa shape index (κ1) is 21.5. The third kappa shape index (κ3) is 5.64. The van der Waals surface area contributed by atoms with E-state index in [0.717, 1.165) is 25.8 Å². The molecule has 7 heteroatoms. The second-order valence-corrected chi connectivity index (χ2v) is 7.22. The summed E-state index contributed by atoms with van der Waals surface area (Å²) < 4.78 is 49.5. The predicted molar refractivity (Wildman–Crippen MR) is 106 cm³/mol. The number of piperidine rings is 1. The number of nitrogens with zero attached hydrogens (tertiary/aromatic N) is 1. The average molecular weight is 408 g/mol. The van der Waals surface area contributed by atoms with Gasteiger partial charge in [-0.05, 0) is 24.5 Å². The van der Waals surface area contributed by atoms with Crippen molar-refractivity contribution in [3.63, 3.8) is 0 Å². The van der Waals surface area contributed by atoms with E-state index in [2.05, 4.69) is 22.6 Å². The van der Waals surface area contributed by atoms with Crippen molar-refractivity contribution in [2.24, 2.45) is 0 Å². The van der Waals surface area contributed by atoms with Crippen molar-refractivity contribution in [2.45, 2.75) is 44.4 Å². The molecule has 0 amide bonds. The molecule has 158 valence electrons. The number of hydrogen-bond donors (Lipinski definition) is 1. The Kier molecular flexibility index (Phi) is 7.03. The topological polar surface area (TPSA) is 33.7 Å². The minimum atomic E-state index is -4.31. The lowest BCUT2D eigenvalue weighted by Crippen LogP contribution is -2.43. The number of rotatable bonds is 7. The third-order valence-electron chi connectivity index (χ3n) is 5.23.